The number of rotatable bonds is 7. The molecular formula is C27H24O. The molecule has 0 saturated heterocycles. The Kier molecular flexibility index (Phi) is 5.65. The average molecular weight is 364 g/mol. The van der Waals surface area contributed by atoms with Crippen LogP contribution in [-0.4, -0.2) is 6.61 Å². The van der Waals surface area contributed by atoms with Gasteiger partial charge < -0.3 is 4.74 Å². The largest absolute Gasteiger partial charge is 0.375 e. The Bertz CT molecular complexity index is 867. The number of ether oxygens (including phenoxy) is 1. The van der Waals surface area contributed by atoms with Gasteiger partial charge in [0.2, 0.25) is 0 Å². The lowest BCUT2D eigenvalue weighted by Gasteiger charge is -2.35. The number of hydrogen-bond acceptors (Lipinski definition) is 1. The molecule has 0 amide bonds. The molecule has 0 aromatic heterocycles. The van der Waals surface area contributed by atoms with Crippen molar-refractivity contribution in [3.63, 3.8) is 0 Å². The maximum absolute atomic E-state index is 6.35. The standard InChI is InChI=1S/C27H24O/c1-5-13-23(14-6-1)21-28-22-27(24-15-7-2-8-16-24,25-17-9-3-10-18-25)26-19-11-4-12-20-26/h1-20H,21-22H2. The second kappa shape index (κ2) is 8.69. The van der Waals surface area contributed by atoms with Gasteiger partial charge in [-0.2, -0.15) is 0 Å². The van der Waals surface area contributed by atoms with Crippen LogP contribution in [0.25, 0.3) is 0 Å². The van der Waals surface area contributed by atoms with E-state index in [1.807, 2.05) is 6.07 Å². The van der Waals surface area contributed by atoms with Crippen LogP contribution in [0, 0.1) is 0 Å². The minimum atomic E-state index is -0.363. The summed E-state index contributed by atoms with van der Waals surface area (Å²) in [4.78, 5) is 0. The molecule has 1 heteroatoms. The first kappa shape index (κ1) is 18.2. The van der Waals surface area contributed by atoms with Crippen LogP contribution in [0.4, 0.5) is 0 Å². The zero-order chi connectivity index (χ0) is 19.1. The van der Waals surface area contributed by atoms with Gasteiger partial charge >= 0.3 is 0 Å². The Balaban J connectivity index is 1.79. The zero-order valence-corrected chi connectivity index (χ0v) is 15.9. The highest BCUT2D eigenvalue weighted by molar-refractivity contribution is 5.50. The Morgan fingerprint density at radius 2 is 0.821 bits per heavy atom. The molecule has 0 heterocycles. The third-order valence-electron chi connectivity index (χ3n) is 5.23. The van der Waals surface area contributed by atoms with Crippen molar-refractivity contribution >= 4 is 0 Å². The highest BCUT2D eigenvalue weighted by Gasteiger charge is 2.36. The van der Waals surface area contributed by atoms with E-state index in [0.29, 0.717) is 13.2 Å². The molecule has 0 fully saturated rings. The normalized spacial score (nSPS) is 11.3. The van der Waals surface area contributed by atoms with E-state index in [-0.39, 0.29) is 5.41 Å². The molecule has 0 saturated carbocycles. The molecule has 0 radical (unpaired) electrons. The lowest BCUT2D eigenvalue weighted by Crippen LogP contribution is -2.34. The summed E-state index contributed by atoms with van der Waals surface area (Å²) in [5.74, 6) is 0. The summed E-state index contributed by atoms with van der Waals surface area (Å²) in [6.07, 6.45) is 0. The van der Waals surface area contributed by atoms with Gasteiger partial charge in [-0.1, -0.05) is 121 Å². The first-order chi connectivity index (χ1) is 13.9. The van der Waals surface area contributed by atoms with Crippen molar-refractivity contribution in [2.24, 2.45) is 0 Å². The summed E-state index contributed by atoms with van der Waals surface area (Å²) >= 11 is 0. The molecule has 0 aliphatic heterocycles. The van der Waals surface area contributed by atoms with Crippen molar-refractivity contribution < 1.29 is 4.74 Å². The third kappa shape index (κ3) is 3.76. The van der Waals surface area contributed by atoms with E-state index in [0.717, 1.165) is 0 Å². The molecule has 0 spiro atoms. The molecule has 0 bridgehead atoms. The second-order valence-corrected chi connectivity index (χ2v) is 6.98. The number of benzene rings is 4. The topological polar surface area (TPSA) is 9.23 Å². The van der Waals surface area contributed by atoms with Crippen LogP contribution >= 0.6 is 0 Å². The van der Waals surface area contributed by atoms with E-state index < -0.39 is 0 Å². The van der Waals surface area contributed by atoms with Gasteiger partial charge in [-0.15, -0.1) is 0 Å². The van der Waals surface area contributed by atoms with Gasteiger partial charge in [0.05, 0.1) is 18.6 Å². The first-order valence-corrected chi connectivity index (χ1v) is 9.68. The molecule has 0 N–H and O–H groups in total. The monoisotopic (exact) mass is 364 g/mol. The molecule has 28 heavy (non-hydrogen) atoms. The van der Waals surface area contributed by atoms with E-state index in [1.165, 1.54) is 22.3 Å². The maximum atomic E-state index is 6.35. The highest BCUT2D eigenvalue weighted by atomic mass is 16.5. The van der Waals surface area contributed by atoms with E-state index in [1.54, 1.807) is 0 Å². The fourth-order valence-corrected chi connectivity index (χ4v) is 3.81. The van der Waals surface area contributed by atoms with Crippen molar-refractivity contribution in [1.82, 2.24) is 0 Å². The molecule has 0 atom stereocenters. The zero-order valence-electron chi connectivity index (χ0n) is 15.9. The quantitative estimate of drug-likeness (QED) is 0.353. The van der Waals surface area contributed by atoms with Gasteiger partial charge in [-0.05, 0) is 22.3 Å². The average Bonchev–Trinajstić information content (AvgIpc) is 2.79. The molecule has 4 aromatic carbocycles. The van der Waals surface area contributed by atoms with E-state index in [9.17, 15) is 0 Å². The van der Waals surface area contributed by atoms with Gasteiger partial charge in [-0.3, -0.25) is 0 Å². The SMILES string of the molecule is c1ccc(COCC(c2ccccc2)(c2ccccc2)c2ccccc2)cc1. The fourth-order valence-electron chi connectivity index (χ4n) is 3.81. The maximum Gasteiger partial charge on any atom is 0.0717 e. The van der Waals surface area contributed by atoms with Gasteiger partial charge in [0, 0.05) is 0 Å². The van der Waals surface area contributed by atoms with Crippen molar-refractivity contribution in [3.05, 3.63) is 144 Å². The Morgan fingerprint density at radius 1 is 0.464 bits per heavy atom. The molecule has 0 aliphatic carbocycles. The van der Waals surface area contributed by atoms with Crippen LogP contribution < -0.4 is 0 Å². The lowest BCUT2D eigenvalue weighted by atomic mass is 9.70. The highest BCUT2D eigenvalue weighted by Crippen LogP contribution is 2.39. The predicted octanol–water partition coefficient (Wildman–Crippen LogP) is 6.24. The Labute approximate surface area is 167 Å². The lowest BCUT2D eigenvalue weighted by molar-refractivity contribution is 0.0947. The van der Waals surface area contributed by atoms with Crippen molar-refractivity contribution in [1.29, 1.82) is 0 Å². The minimum absolute atomic E-state index is 0.363. The van der Waals surface area contributed by atoms with Crippen LogP contribution in [0.15, 0.2) is 121 Å². The second-order valence-electron chi connectivity index (χ2n) is 6.98. The summed E-state index contributed by atoms with van der Waals surface area (Å²) in [6.45, 7) is 1.16. The Morgan fingerprint density at radius 3 is 1.21 bits per heavy atom. The third-order valence-corrected chi connectivity index (χ3v) is 5.23. The first-order valence-electron chi connectivity index (χ1n) is 9.68. The van der Waals surface area contributed by atoms with Crippen LogP contribution in [0.5, 0.6) is 0 Å². The molecule has 0 unspecified atom stereocenters. The Hall–Kier alpha value is -3.16. The van der Waals surface area contributed by atoms with Gasteiger partial charge in [0.1, 0.15) is 0 Å². The van der Waals surface area contributed by atoms with E-state index >= 15 is 0 Å². The summed E-state index contributed by atoms with van der Waals surface area (Å²) in [5, 5.41) is 0. The summed E-state index contributed by atoms with van der Waals surface area (Å²) in [7, 11) is 0. The van der Waals surface area contributed by atoms with E-state index in [4.69, 9.17) is 4.74 Å². The smallest absolute Gasteiger partial charge is 0.0717 e. The van der Waals surface area contributed by atoms with Crippen molar-refractivity contribution in [2.75, 3.05) is 6.61 Å². The van der Waals surface area contributed by atoms with Crippen LogP contribution in [-0.2, 0) is 16.8 Å². The fraction of sp³-hybridized carbons (Fsp3) is 0.111. The summed E-state index contributed by atoms with van der Waals surface area (Å²) < 4.78 is 6.35. The molecule has 4 rings (SSSR count). The van der Waals surface area contributed by atoms with Crippen molar-refractivity contribution in [3.8, 4) is 0 Å². The van der Waals surface area contributed by atoms with Gasteiger partial charge in [0.15, 0.2) is 0 Å². The summed E-state index contributed by atoms with van der Waals surface area (Å²) in [6, 6.07) is 42.4. The van der Waals surface area contributed by atoms with Crippen LogP contribution in [0.2, 0.25) is 0 Å². The van der Waals surface area contributed by atoms with Crippen LogP contribution in [0.3, 0.4) is 0 Å². The van der Waals surface area contributed by atoms with Crippen LogP contribution in [0.1, 0.15) is 22.3 Å². The van der Waals surface area contributed by atoms with Gasteiger partial charge in [0.25, 0.3) is 0 Å². The predicted molar refractivity (Wildman–Crippen MR) is 115 cm³/mol. The molecule has 138 valence electrons. The van der Waals surface area contributed by atoms with E-state index in [2.05, 4.69) is 115 Å². The van der Waals surface area contributed by atoms with Gasteiger partial charge in [-0.25, -0.2) is 0 Å². The van der Waals surface area contributed by atoms with Crippen molar-refractivity contribution in [2.45, 2.75) is 12.0 Å². The molecule has 4 aromatic rings. The molecule has 1 nitrogen and oxygen atoms in total. The minimum Gasteiger partial charge on any atom is -0.375 e. The molecule has 0 aliphatic rings. The number of hydrogen-bond donors (Lipinski definition) is 0. The molecular weight excluding hydrogens is 340 g/mol. The summed E-state index contributed by atoms with van der Waals surface area (Å²) in [5.41, 5.74) is 4.53.